The molecule has 2 aromatic carbocycles. The zero-order chi connectivity index (χ0) is 33.1. The summed E-state index contributed by atoms with van der Waals surface area (Å²) in [4.78, 5) is 37.2. The zero-order valence-electron chi connectivity index (χ0n) is 26.6. The molecular formula is C33H38FN6O5P. The van der Waals surface area contributed by atoms with Crippen LogP contribution in [0.15, 0.2) is 53.6 Å². The molecule has 1 saturated heterocycles. The number of carbonyl (C=O) groups excluding carboxylic acids is 2. The Bertz CT molecular complexity index is 1770. The van der Waals surface area contributed by atoms with Gasteiger partial charge in [0.2, 0.25) is 11.7 Å². The number of hydrogen-bond donors (Lipinski definition) is 2. The minimum Gasteiger partial charge on any atom is -0.496 e. The first kappa shape index (κ1) is 32.7. The van der Waals surface area contributed by atoms with E-state index in [-0.39, 0.29) is 34.0 Å². The highest BCUT2D eigenvalue weighted by Crippen LogP contribution is 2.38. The van der Waals surface area contributed by atoms with Gasteiger partial charge in [0.1, 0.15) is 11.6 Å². The lowest BCUT2D eigenvalue weighted by atomic mass is 10.0. The van der Waals surface area contributed by atoms with E-state index in [1.165, 1.54) is 32.6 Å². The van der Waals surface area contributed by atoms with Crippen LogP contribution in [0.5, 0.6) is 11.5 Å². The monoisotopic (exact) mass is 648 g/mol. The summed E-state index contributed by atoms with van der Waals surface area (Å²) in [7, 11) is 8.64. The molecule has 2 aromatic heterocycles. The highest BCUT2D eigenvalue weighted by molar-refractivity contribution is 7.28. The number of pyridine rings is 1. The van der Waals surface area contributed by atoms with E-state index in [1.54, 1.807) is 25.1 Å². The highest BCUT2D eigenvalue weighted by Gasteiger charge is 2.30. The molecule has 13 heteroatoms. The summed E-state index contributed by atoms with van der Waals surface area (Å²) in [6.07, 6.45) is 2.71. The zero-order valence-corrected chi connectivity index (χ0v) is 27.7. The number of nitrogens with zero attached hydrogens (tertiary/aromatic N) is 4. The number of ether oxygens (including phenoxy) is 2. The average molecular weight is 649 g/mol. The van der Waals surface area contributed by atoms with Gasteiger partial charge in [0, 0.05) is 62.7 Å². The van der Waals surface area contributed by atoms with Gasteiger partial charge in [-0.05, 0) is 36.9 Å². The van der Waals surface area contributed by atoms with Gasteiger partial charge in [0.15, 0.2) is 22.9 Å². The minimum absolute atomic E-state index is 0.0664. The number of furan rings is 1. The lowest BCUT2D eigenvalue weighted by Crippen LogP contribution is -2.46. The third kappa shape index (κ3) is 6.36. The first-order chi connectivity index (χ1) is 22.1. The average Bonchev–Trinajstić information content (AvgIpc) is 3.45. The van der Waals surface area contributed by atoms with Crippen molar-refractivity contribution in [3.05, 3.63) is 66.3 Å². The molecule has 1 amide bonds. The number of fused-ring (bicyclic) bond motifs is 1. The first-order valence-corrected chi connectivity index (χ1v) is 15.3. The molecule has 1 fully saturated rings. The van der Waals surface area contributed by atoms with Gasteiger partial charge in [0.05, 0.1) is 43.0 Å². The van der Waals surface area contributed by atoms with Crippen molar-refractivity contribution in [2.24, 2.45) is 0 Å². The van der Waals surface area contributed by atoms with E-state index >= 15 is 4.39 Å². The molecule has 5 rings (SSSR count). The summed E-state index contributed by atoms with van der Waals surface area (Å²) >= 11 is 0. The number of carbonyl (C=O) groups is 2. The molecule has 242 valence electrons. The topological polar surface area (TPSA) is 112 Å². The van der Waals surface area contributed by atoms with Crippen LogP contribution in [-0.4, -0.2) is 82.6 Å². The number of hydrogen-bond acceptors (Lipinski definition) is 10. The standard InChI is InChI=1S/C33H38FN6O5P/c1-7-27(41)37-22-15-19(40-13-11-39(8-2)12-14-40)9-10-21(22)36-26-16-20-25(18-35-26)45-32(30(20)38(3)4)31(42)28-29(34)23(43-5)17-24(44-6)33(28)46/h7,9-10,15-18H,1,8,11-14,46H2,2-6H3,(H,35,36)(H,37,41). The normalized spacial score (nSPS) is 13.4. The van der Waals surface area contributed by atoms with Crippen molar-refractivity contribution in [1.82, 2.24) is 9.88 Å². The number of aromatic nitrogens is 1. The quantitative estimate of drug-likeness (QED) is 0.134. The Labute approximate surface area is 269 Å². The molecule has 0 aliphatic carbocycles. The van der Waals surface area contributed by atoms with Crippen LogP contribution in [-0.2, 0) is 4.79 Å². The van der Waals surface area contributed by atoms with Crippen LogP contribution in [0, 0.1) is 5.82 Å². The van der Waals surface area contributed by atoms with E-state index in [1.807, 2.05) is 18.2 Å². The summed E-state index contributed by atoms with van der Waals surface area (Å²) in [6, 6.07) is 8.95. The predicted molar refractivity (Wildman–Crippen MR) is 183 cm³/mol. The maximum Gasteiger partial charge on any atom is 0.247 e. The van der Waals surface area contributed by atoms with Crippen LogP contribution in [0.1, 0.15) is 23.0 Å². The molecule has 3 heterocycles. The summed E-state index contributed by atoms with van der Waals surface area (Å²) in [5, 5.41) is 7.01. The van der Waals surface area contributed by atoms with Crippen molar-refractivity contribution in [2.75, 3.05) is 81.5 Å². The Morgan fingerprint density at radius 2 is 1.83 bits per heavy atom. The molecule has 0 saturated carbocycles. The van der Waals surface area contributed by atoms with Gasteiger partial charge < -0.3 is 39.2 Å². The van der Waals surface area contributed by atoms with Crippen molar-refractivity contribution in [1.29, 1.82) is 0 Å². The number of benzene rings is 2. The summed E-state index contributed by atoms with van der Waals surface area (Å²) < 4.78 is 32.0. The Morgan fingerprint density at radius 3 is 2.46 bits per heavy atom. The molecule has 11 nitrogen and oxygen atoms in total. The second kappa shape index (κ2) is 13.8. The molecule has 0 bridgehead atoms. The third-order valence-corrected chi connectivity index (χ3v) is 8.57. The molecule has 4 aromatic rings. The second-order valence-electron chi connectivity index (χ2n) is 10.9. The number of likely N-dealkylation sites (N-methyl/N-ethyl adjacent to an activating group) is 1. The van der Waals surface area contributed by atoms with Crippen LogP contribution in [0.3, 0.4) is 0 Å². The number of halogens is 1. The van der Waals surface area contributed by atoms with Crippen LogP contribution in [0.25, 0.3) is 11.0 Å². The lowest BCUT2D eigenvalue weighted by molar-refractivity contribution is -0.111. The molecule has 0 radical (unpaired) electrons. The van der Waals surface area contributed by atoms with E-state index in [0.717, 1.165) is 38.4 Å². The van der Waals surface area contributed by atoms with Gasteiger partial charge in [0.25, 0.3) is 0 Å². The number of anilines is 5. The number of nitrogens with one attached hydrogen (secondary N) is 2. The molecule has 1 unspecified atom stereocenters. The summed E-state index contributed by atoms with van der Waals surface area (Å²) in [5.41, 5.74) is 2.70. The molecule has 1 aliphatic rings. The Kier molecular flexibility index (Phi) is 9.79. The molecule has 2 N–H and O–H groups in total. The van der Waals surface area contributed by atoms with Crippen LogP contribution < -0.4 is 35.2 Å². The Morgan fingerprint density at radius 1 is 1.11 bits per heavy atom. The molecule has 0 spiro atoms. The van der Waals surface area contributed by atoms with E-state index in [2.05, 4.69) is 48.2 Å². The fourth-order valence-corrected chi connectivity index (χ4v) is 5.98. The van der Waals surface area contributed by atoms with Crippen molar-refractivity contribution in [3.8, 4) is 11.5 Å². The van der Waals surface area contributed by atoms with E-state index in [4.69, 9.17) is 13.9 Å². The van der Waals surface area contributed by atoms with Crippen molar-refractivity contribution in [2.45, 2.75) is 6.92 Å². The van der Waals surface area contributed by atoms with E-state index in [9.17, 15) is 9.59 Å². The summed E-state index contributed by atoms with van der Waals surface area (Å²) in [6.45, 7) is 10.5. The molecular weight excluding hydrogens is 610 g/mol. The highest BCUT2D eigenvalue weighted by atomic mass is 31.0. The van der Waals surface area contributed by atoms with Gasteiger partial charge in [-0.2, -0.15) is 0 Å². The largest absolute Gasteiger partial charge is 0.496 e. The van der Waals surface area contributed by atoms with Gasteiger partial charge in [-0.3, -0.25) is 9.59 Å². The Balaban J connectivity index is 1.52. The first-order valence-electron chi connectivity index (χ1n) is 14.8. The minimum atomic E-state index is -0.825. The number of ketones is 1. The Hall–Kier alpha value is -4.67. The number of piperazine rings is 1. The van der Waals surface area contributed by atoms with Crippen molar-refractivity contribution in [3.63, 3.8) is 0 Å². The number of methoxy groups -OCH3 is 2. The number of amides is 1. The van der Waals surface area contributed by atoms with Gasteiger partial charge >= 0.3 is 0 Å². The van der Waals surface area contributed by atoms with E-state index in [0.29, 0.717) is 33.8 Å². The van der Waals surface area contributed by atoms with Crippen molar-refractivity contribution >= 4 is 65.8 Å². The van der Waals surface area contributed by atoms with Gasteiger partial charge in [-0.25, -0.2) is 9.37 Å². The molecule has 1 atom stereocenters. The second-order valence-corrected chi connectivity index (χ2v) is 11.5. The molecule has 46 heavy (non-hydrogen) atoms. The van der Waals surface area contributed by atoms with Crippen molar-refractivity contribution < 1.29 is 27.9 Å². The van der Waals surface area contributed by atoms with Crippen LogP contribution in [0.2, 0.25) is 0 Å². The van der Waals surface area contributed by atoms with Crippen LogP contribution >= 0.6 is 9.24 Å². The van der Waals surface area contributed by atoms with E-state index < -0.39 is 11.6 Å². The SMILES string of the molecule is C=CC(=O)Nc1cc(N2CCN(CC)CC2)ccc1Nc1cc2c(N(C)C)c(C(=O)c3c(F)c(OC)cc(OC)c3P)oc2cn1. The van der Waals surface area contributed by atoms with Crippen LogP contribution in [0.4, 0.5) is 33.0 Å². The number of rotatable bonds is 11. The maximum atomic E-state index is 15.5. The van der Waals surface area contributed by atoms with Gasteiger partial charge in [-0.1, -0.05) is 13.5 Å². The smallest absolute Gasteiger partial charge is 0.247 e. The summed E-state index contributed by atoms with van der Waals surface area (Å²) in [5.74, 6) is -1.33. The fraction of sp³-hybridized carbons (Fsp3) is 0.303. The predicted octanol–water partition coefficient (Wildman–Crippen LogP) is 4.79. The maximum absolute atomic E-state index is 15.5. The third-order valence-electron chi connectivity index (χ3n) is 8.00. The van der Waals surface area contributed by atoms with Gasteiger partial charge in [-0.15, -0.1) is 9.24 Å². The molecule has 1 aliphatic heterocycles. The lowest BCUT2D eigenvalue weighted by Gasteiger charge is -2.35. The fourth-order valence-electron chi connectivity index (χ4n) is 5.52.